The van der Waals surface area contributed by atoms with Crippen molar-refractivity contribution in [2.45, 2.75) is 44.3 Å². The molecule has 1 N–H and O–H groups in total. The van der Waals surface area contributed by atoms with Gasteiger partial charge in [-0.05, 0) is 18.4 Å². The van der Waals surface area contributed by atoms with Gasteiger partial charge in [-0.2, -0.15) is 5.10 Å². The van der Waals surface area contributed by atoms with Crippen LogP contribution in [0.25, 0.3) is 0 Å². The minimum atomic E-state index is -0.648. The second-order valence-corrected chi connectivity index (χ2v) is 7.93. The molecular formula is C21H23N7O2. The van der Waals surface area contributed by atoms with Gasteiger partial charge in [-0.25, -0.2) is 14.3 Å². The van der Waals surface area contributed by atoms with Crippen LogP contribution in [0.1, 0.15) is 53.7 Å². The summed E-state index contributed by atoms with van der Waals surface area (Å²) in [5.41, 5.74) is 1.15. The van der Waals surface area contributed by atoms with E-state index >= 15 is 0 Å². The van der Waals surface area contributed by atoms with Crippen LogP contribution in [0.2, 0.25) is 0 Å². The van der Waals surface area contributed by atoms with Gasteiger partial charge in [0.2, 0.25) is 5.82 Å². The number of rotatable bonds is 3. The van der Waals surface area contributed by atoms with Crippen LogP contribution in [0.3, 0.4) is 0 Å². The van der Waals surface area contributed by atoms with Crippen LogP contribution in [0.4, 0.5) is 5.82 Å². The van der Waals surface area contributed by atoms with E-state index in [1.165, 1.54) is 4.90 Å². The third-order valence-electron chi connectivity index (χ3n) is 5.96. The molecule has 0 spiro atoms. The van der Waals surface area contributed by atoms with Crippen molar-refractivity contribution in [1.29, 1.82) is 0 Å². The summed E-state index contributed by atoms with van der Waals surface area (Å²) in [6.07, 6.45) is 3.03. The molecule has 1 aromatic carbocycles. The molecule has 2 amide bonds. The molecule has 2 aromatic heterocycles. The van der Waals surface area contributed by atoms with Crippen molar-refractivity contribution < 1.29 is 9.59 Å². The van der Waals surface area contributed by atoms with Crippen molar-refractivity contribution in [1.82, 2.24) is 29.9 Å². The highest BCUT2D eigenvalue weighted by Gasteiger charge is 2.35. The van der Waals surface area contributed by atoms with Crippen LogP contribution in [0.5, 0.6) is 0 Å². The molecule has 9 heteroatoms. The van der Waals surface area contributed by atoms with Gasteiger partial charge in [-0.3, -0.25) is 14.5 Å². The van der Waals surface area contributed by atoms with Gasteiger partial charge in [-0.1, -0.05) is 37.3 Å². The van der Waals surface area contributed by atoms with Gasteiger partial charge in [-0.15, -0.1) is 5.10 Å². The van der Waals surface area contributed by atoms with Gasteiger partial charge in [0, 0.05) is 25.6 Å². The van der Waals surface area contributed by atoms with Crippen LogP contribution in [-0.4, -0.2) is 49.4 Å². The molecule has 0 bridgehead atoms. The molecule has 0 fully saturated rings. The monoisotopic (exact) mass is 405 g/mol. The number of hydrogen-bond acceptors (Lipinski definition) is 5. The molecule has 4 heterocycles. The van der Waals surface area contributed by atoms with Crippen molar-refractivity contribution >= 4 is 17.6 Å². The predicted octanol–water partition coefficient (Wildman–Crippen LogP) is 1.74. The number of likely N-dealkylation sites (N-methyl/N-ethyl adjacent to an activating group) is 1. The van der Waals surface area contributed by atoms with E-state index in [0.29, 0.717) is 13.0 Å². The minimum Gasteiger partial charge on any atom is -0.337 e. The number of benzene rings is 1. The molecule has 2 aliphatic rings. The Bertz CT molecular complexity index is 1100. The first-order valence-electron chi connectivity index (χ1n) is 10.1. The average molecular weight is 405 g/mol. The number of aromatic nitrogens is 5. The Kier molecular flexibility index (Phi) is 4.38. The maximum Gasteiger partial charge on any atom is 0.291 e. The Morgan fingerprint density at radius 2 is 2.00 bits per heavy atom. The van der Waals surface area contributed by atoms with Gasteiger partial charge in [0.15, 0.2) is 0 Å². The van der Waals surface area contributed by atoms with Gasteiger partial charge < -0.3 is 5.32 Å². The summed E-state index contributed by atoms with van der Waals surface area (Å²) in [4.78, 5) is 31.8. The van der Waals surface area contributed by atoms with E-state index in [2.05, 4.69) is 39.6 Å². The highest BCUT2D eigenvalue weighted by molar-refractivity contribution is 6.00. The van der Waals surface area contributed by atoms with Crippen LogP contribution in [0, 0.1) is 0 Å². The number of nitrogens with zero attached hydrogens (tertiary/aromatic N) is 6. The van der Waals surface area contributed by atoms with E-state index in [1.807, 2.05) is 22.9 Å². The molecule has 2 aliphatic heterocycles. The normalized spacial score (nSPS) is 23.1. The van der Waals surface area contributed by atoms with Crippen molar-refractivity contribution in [2.75, 3.05) is 11.9 Å². The fraction of sp³-hybridized carbons (Fsp3) is 0.381. The van der Waals surface area contributed by atoms with Gasteiger partial charge in [0.1, 0.15) is 17.7 Å². The summed E-state index contributed by atoms with van der Waals surface area (Å²) in [5.74, 6) is 1.22. The van der Waals surface area contributed by atoms with E-state index in [-0.39, 0.29) is 23.7 Å². The first-order chi connectivity index (χ1) is 14.5. The van der Waals surface area contributed by atoms with Crippen LogP contribution in [-0.2, 0) is 11.3 Å². The summed E-state index contributed by atoms with van der Waals surface area (Å²) in [6.45, 7) is 2.64. The zero-order chi connectivity index (χ0) is 20.8. The molecule has 5 rings (SSSR count). The highest BCUT2D eigenvalue weighted by atomic mass is 16.2. The van der Waals surface area contributed by atoms with E-state index in [4.69, 9.17) is 0 Å². The lowest BCUT2D eigenvalue weighted by Gasteiger charge is -2.20. The molecular weight excluding hydrogens is 382 g/mol. The van der Waals surface area contributed by atoms with E-state index in [1.54, 1.807) is 24.0 Å². The van der Waals surface area contributed by atoms with Gasteiger partial charge in [0.05, 0.1) is 12.2 Å². The Hall–Kier alpha value is -3.49. The largest absolute Gasteiger partial charge is 0.337 e. The maximum atomic E-state index is 12.9. The predicted molar refractivity (Wildman–Crippen MR) is 109 cm³/mol. The summed E-state index contributed by atoms with van der Waals surface area (Å²) in [7, 11) is 1.69. The average Bonchev–Trinajstić information content (AvgIpc) is 3.45. The molecule has 0 saturated carbocycles. The molecule has 9 nitrogen and oxygen atoms in total. The zero-order valence-electron chi connectivity index (χ0n) is 16.9. The quantitative estimate of drug-likeness (QED) is 0.716. The lowest BCUT2D eigenvalue weighted by atomic mass is 10.0. The maximum absolute atomic E-state index is 12.9. The number of carbonyl (C=O) groups is 2. The number of hydrogen-bond donors (Lipinski definition) is 1. The molecule has 3 aromatic rings. The van der Waals surface area contributed by atoms with E-state index in [9.17, 15) is 9.59 Å². The second-order valence-electron chi connectivity index (χ2n) is 7.93. The third kappa shape index (κ3) is 2.97. The molecule has 0 aliphatic carbocycles. The number of anilines is 1. The van der Waals surface area contributed by atoms with E-state index < -0.39 is 11.9 Å². The fourth-order valence-electron chi connectivity index (χ4n) is 4.35. The molecule has 30 heavy (non-hydrogen) atoms. The van der Waals surface area contributed by atoms with E-state index in [0.717, 1.165) is 23.6 Å². The molecule has 2 unspecified atom stereocenters. The summed E-state index contributed by atoms with van der Waals surface area (Å²) >= 11 is 0. The number of aryl methyl sites for hydroxylation is 1. The van der Waals surface area contributed by atoms with Gasteiger partial charge in [0.25, 0.3) is 11.8 Å². The lowest BCUT2D eigenvalue weighted by molar-refractivity contribution is -0.120. The Labute approximate surface area is 173 Å². The zero-order valence-corrected chi connectivity index (χ0v) is 16.9. The Morgan fingerprint density at radius 3 is 2.80 bits per heavy atom. The summed E-state index contributed by atoms with van der Waals surface area (Å²) in [5, 5.41) is 11.6. The van der Waals surface area contributed by atoms with Crippen molar-refractivity contribution in [3.05, 3.63) is 59.8 Å². The Balaban J connectivity index is 1.36. The molecule has 0 saturated heterocycles. The topological polar surface area (TPSA) is 97.9 Å². The van der Waals surface area contributed by atoms with Crippen molar-refractivity contribution in [2.24, 2.45) is 0 Å². The highest BCUT2D eigenvalue weighted by Crippen LogP contribution is 2.38. The fourth-order valence-corrected chi connectivity index (χ4v) is 4.35. The van der Waals surface area contributed by atoms with Crippen LogP contribution >= 0.6 is 0 Å². The first-order valence-corrected chi connectivity index (χ1v) is 10.1. The smallest absolute Gasteiger partial charge is 0.291 e. The van der Waals surface area contributed by atoms with Crippen LogP contribution < -0.4 is 10.2 Å². The summed E-state index contributed by atoms with van der Waals surface area (Å²) < 4.78 is 3.62. The lowest BCUT2D eigenvalue weighted by Crippen LogP contribution is -2.47. The minimum absolute atomic E-state index is 0.0628. The van der Waals surface area contributed by atoms with Gasteiger partial charge >= 0.3 is 0 Å². The number of nitrogens with one attached hydrogen (secondary N) is 1. The Morgan fingerprint density at radius 1 is 1.20 bits per heavy atom. The first kappa shape index (κ1) is 18.5. The second kappa shape index (κ2) is 7.08. The summed E-state index contributed by atoms with van der Waals surface area (Å²) in [6, 6.07) is 11.3. The van der Waals surface area contributed by atoms with Crippen molar-refractivity contribution in [3.63, 3.8) is 0 Å². The van der Waals surface area contributed by atoms with Crippen LogP contribution in [0.15, 0.2) is 42.6 Å². The third-order valence-corrected chi connectivity index (χ3v) is 5.96. The molecule has 154 valence electrons. The number of carbonyl (C=O) groups excluding carboxylic acids is 2. The molecule has 0 radical (unpaired) electrons. The molecule has 3 atom stereocenters. The standard InChI is InChI=1S/C21H23N7O2/c1-13-12-16(14-6-4-3-5-7-14)28-19(13)24-18(25-28)20(29)23-15-9-11-27-17(8-10-22-27)26(2)21(15)30/h3-8,10,13,15-16H,9,11-12H2,1-2H3,(H,23,29)/t13?,15-,16?/m0/s1. The number of fused-ring (bicyclic) bond motifs is 2. The SMILES string of the molecule is CC1CC(c2ccccc2)n2nc(C(=O)N[C@H]3CCn4nccc4N(C)C3=O)nc21. The van der Waals surface area contributed by atoms with Crippen molar-refractivity contribution in [3.8, 4) is 0 Å². The number of amides is 2.